The average Bonchev–Trinajstić information content (AvgIpc) is 3.01. The lowest BCUT2D eigenvalue weighted by molar-refractivity contribution is 0.353. The summed E-state index contributed by atoms with van der Waals surface area (Å²) in [5.41, 5.74) is 0. The minimum absolute atomic E-state index is 0.621. The van der Waals surface area contributed by atoms with Crippen LogP contribution in [-0.4, -0.2) is 27.9 Å². The highest BCUT2D eigenvalue weighted by Gasteiger charge is 2.23. The van der Waals surface area contributed by atoms with E-state index in [-0.39, 0.29) is 0 Å². The van der Waals surface area contributed by atoms with E-state index in [1.807, 2.05) is 0 Å². The standard InChI is InChI=1S/C15H28N4/c1-12(2)10-19-15(17-11-18-19)9-8-14(16-3)13-6-4-5-7-13/h11-14,16H,4-10H2,1-3H3. The fourth-order valence-electron chi connectivity index (χ4n) is 3.24. The third-order valence-corrected chi connectivity index (χ3v) is 4.25. The molecule has 2 rings (SSSR count). The van der Waals surface area contributed by atoms with Crippen molar-refractivity contribution >= 4 is 0 Å². The summed E-state index contributed by atoms with van der Waals surface area (Å²) >= 11 is 0. The molecule has 0 bridgehead atoms. The third-order valence-electron chi connectivity index (χ3n) is 4.25. The van der Waals surface area contributed by atoms with E-state index in [4.69, 9.17) is 0 Å². The maximum absolute atomic E-state index is 4.43. The normalized spacial score (nSPS) is 18.3. The SMILES string of the molecule is CNC(CCc1ncnn1CC(C)C)C1CCCC1. The van der Waals surface area contributed by atoms with Crippen molar-refractivity contribution in [2.24, 2.45) is 11.8 Å². The molecule has 4 heteroatoms. The predicted octanol–water partition coefficient (Wildman–Crippen LogP) is 2.64. The van der Waals surface area contributed by atoms with Crippen molar-refractivity contribution in [3.63, 3.8) is 0 Å². The van der Waals surface area contributed by atoms with Crippen LogP contribution in [0.25, 0.3) is 0 Å². The molecule has 0 aromatic carbocycles. The topological polar surface area (TPSA) is 42.7 Å². The quantitative estimate of drug-likeness (QED) is 0.823. The Morgan fingerprint density at radius 1 is 1.37 bits per heavy atom. The molecule has 1 fully saturated rings. The van der Waals surface area contributed by atoms with Crippen LogP contribution >= 0.6 is 0 Å². The highest BCUT2D eigenvalue weighted by molar-refractivity contribution is 4.89. The fraction of sp³-hybridized carbons (Fsp3) is 0.867. The minimum Gasteiger partial charge on any atom is -0.317 e. The molecular formula is C15H28N4. The maximum atomic E-state index is 4.43. The molecule has 1 aromatic rings. The zero-order chi connectivity index (χ0) is 13.7. The second-order valence-corrected chi connectivity index (χ2v) is 6.23. The molecule has 0 radical (unpaired) electrons. The molecule has 19 heavy (non-hydrogen) atoms. The molecule has 1 atom stereocenters. The lowest BCUT2D eigenvalue weighted by Crippen LogP contribution is -2.33. The van der Waals surface area contributed by atoms with E-state index in [0.717, 1.165) is 24.7 Å². The van der Waals surface area contributed by atoms with Crippen LogP contribution in [0.15, 0.2) is 6.33 Å². The maximum Gasteiger partial charge on any atom is 0.138 e. The van der Waals surface area contributed by atoms with Crippen LogP contribution in [0.4, 0.5) is 0 Å². The summed E-state index contributed by atoms with van der Waals surface area (Å²) in [7, 11) is 2.10. The Bertz CT molecular complexity index is 366. The van der Waals surface area contributed by atoms with Gasteiger partial charge in [0.2, 0.25) is 0 Å². The Kier molecular flexibility index (Phi) is 5.37. The summed E-state index contributed by atoms with van der Waals surface area (Å²) in [6, 6.07) is 0.645. The Morgan fingerprint density at radius 3 is 2.74 bits per heavy atom. The smallest absolute Gasteiger partial charge is 0.138 e. The molecular weight excluding hydrogens is 236 g/mol. The van der Waals surface area contributed by atoms with Crippen LogP contribution in [0.2, 0.25) is 0 Å². The van der Waals surface area contributed by atoms with Crippen molar-refractivity contribution in [2.45, 2.75) is 65.0 Å². The van der Waals surface area contributed by atoms with E-state index in [1.54, 1.807) is 6.33 Å². The number of aromatic nitrogens is 3. The van der Waals surface area contributed by atoms with Crippen molar-refractivity contribution in [2.75, 3.05) is 7.05 Å². The molecule has 1 aromatic heterocycles. The first-order valence-corrected chi connectivity index (χ1v) is 7.74. The van der Waals surface area contributed by atoms with Gasteiger partial charge in [0.15, 0.2) is 0 Å². The summed E-state index contributed by atoms with van der Waals surface area (Å²) in [5.74, 6) is 2.63. The molecule has 0 saturated heterocycles. The molecule has 0 aliphatic heterocycles. The average molecular weight is 264 g/mol. The largest absolute Gasteiger partial charge is 0.317 e. The highest BCUT2D eigenvalue weighted by atomic mass is 15.3. The summed E-state index contributed by atoms with van der Waals surface area (Å²) in [6.07, 6.45) is 9.52. The van der Waals surface area contributed by atoms with Crippen molar-refractivity contribution in [1.29, 1.82) is 0 Å². The Morgan fingerprint density at radius 2 is 2.11 bits per heavy atom. The van der Waals surface area contributed by atoms with Gasteiger partial charge in [-0.05, 0) is 38.1 Å². The summed E-state index contributed by atoms with van der Waals surface area (Å²) in [4.78, 5) is 4.43. The first kappa shape index (κ1) is 14.5. The minimum atomic E-state index is 0.621. The first-order valence-electron chi connectivity index (χ1n) is 7.74. The second kappa shape index (κ2) is 7.04. The molecule has 1 N–H and O–H groups in total. The molecule has 1 aliphatic carbocycles. The predicted molar refractivity (Wildman–Crippen MR) is 78.0 cm³/mol. The van der Waals surface area contributed by atoms with Gasteiger partial charge in [-0.15, -0.1) is 0 Å². The summed E-state index contributed by atoms with van der Waals surface area (Å²) < 4.78 is 2.08. The lowest BCUT2D eigenvalue weighted by atomic mass is 9.94. The number of nitrogens with one attached hydrogen (secondary N) is 1. The second-order valence-electron chi connectivity index (χ2n) is 6.23. The molecule has 0 spiro atoms. The fourth-order valence-corrected chi connectivity index (χ4v) is 3.24. The van der Waals surface area contributed by atoms with E-state index >= 15 is 0 Å². The van der Waals surface area contributed by atoms with E-state index in [0.29, 0.717) is 12.0 Å². The van der Waals surface area contributed by atoms with Gasteiger partial charge in [-0.1, -0.05) is 26.7 Å². The molecule has 1 saturated carbocycles. The number of rotatable bonds is 7. The highest BCUT2D eigenvalue weighted by Crippen LogP contribution is 2.29. The summed E-state index contributed by atoms with van der Waals surface area (Å²) in [5, 5.41) is 7.85. The van der Waals surface area contributed by atoms with Gasteiger partial charge >= 0.3 is 0 Å². The van der Waals surface area contributed by atoms with E-state index in [2.05, 4.69) is 41.0 Å². The monoisotopic (exact) mass is 264 g/mol. The van der Waals surface area contributed by atoms with Gasteiger partial charge in [0.25, 0.3) is 0 Å². The Balaban J connectivity index is 1.88. The lowest BCUT2D eigenvalue weighted by Gasteiger charge is -2.22. The molecule has 1 heterocycles. The molecule has 108 valence electrons. The van der Waals surface area contributed by atoms with Crippen molar-refractivity contribution in [3.8, 4) is 0 Å². The van der Waals surface area contributed by atoms with Crippen molar-refractivity contribution < 1.29 is 0 Å². The van der Waals surface area contributed by atoms with Gasteiger partial charge < -0.3 is 5.32 Å². The third kappa shape index (κ3) is 4.03. The van der Waals surface area contributed by atoms with Crippen molar-refractivity contribution in [1.82, 2.24) is 20.1 Å². The Labute approximate surface area is 117 Å². The Hall–Kier alpha value is -0.900. The van der Waals surface area contributed by atoms with E-state index in [9.17, 15) is 0 Å². The molecule has 4 nitrogen and oxygen atoms in total. The zero-order valence-corrected chi connectivity index (χ0v) is 12.6. The van der Waals surface area contributed by atoms with Gasteiger partial charge in [-0.25, -0.2) is 9.67 Å². The number of aryl methyl sites for hydroxylation is 1. The zero-order valence-electron chi connectivity index (χ0n) is 12.6. The van der Waals surface area contributed by atoms with Gasteiger partial charge in [0, 0.05) is 19.0 Å². The molecule has 1 aliphatic rings. The van der Waals surface area contributed by atoms with Gasteiger partial charge in [-0.3, -0.25) is 0 Å². The van der Waals surface area contributed by atoms with Crippen LogP contribution in [-0.2, 0) is 13.0 Å². The van der Waals surface area contributed by atoms with Crippen LogP contribution in [0.1, 0.15) is 51.8 Å². The van der Waals surface area contributed by atoms with Gasteiger partial charge in [0.1, 0.15) is 12.2 Å². The van der Waals surface area contributed by atoms with Crippen LogP contribution in [0.3, 0.4) is 0 Å². The van der Waals surface area contributed by atoms with Crippen molar-refractivity contribution in [3.05, 3.63) is 12.2 Å². The van der Waals surface area contributed by atoms with E-state index < -0.39 is 0 Å². The number of hydrogen-bond acceptors (Lipinski definition) is 3. The van der Waals surface area contributed by atoms with Crippen LogP contribution in [0, 0.1) is 11.8 Å². The van der Waals surface area contributed by atoms with Gasteiger partial charge in [0.05, 0.1) is 0 Å². The number of nitrogens with zero attached hydrogens (tertiary/aromatic N) is 3. The number of hydrogen-bond donors (Lipinski definition) is 1. The van der Waals surface area contributed by atoms with Crippen LogP contribution < -0.4 is 5.32 Å². The van der Waals surface area contributed by atoms with Gasteiger partial charge in [-0.2, -0.15) is 5.10 Å². The molecule has 1 unspecified atom stereocenters. The van der Waals surface area contributed by atoms with E-state index in [1.165, 1.54) is 32.1 Å². The molecule has 0 amide bonds. The van der Waals surface area contributed by atoms with Crippen LogP contribution in [0.5, 0.6) is 0 Å². The summed E-state index contributed by atoms with van der Waals surface area (Å²) in [6.45, 7) is 5.42. The first-order chi connectivity index (χ1) is 9.20.